The molecule has 2 aromatic rings. The van der Waals surface area contributed by atoms with Crippen LogP contribution in [0.4, 0.5) is 5.69 Å². The van der Waals surface area contributed by atoms with E-state index in [9.17, 15) is 9.90 Å². The predicted molar refractivity (Wildman–Crippen MR) is 101 cm³/mol. The number of aliphatic hydroxyl groups is 1. The first kappa shape index (κ1) is 17.3. The molecule has 26 heavy (non-hydrogen) atoms. The molecule has 0 spiro atoms. The molecule has 0 radical (unpaired) electrons. The minimum absolute atomic E-state index is 0.105. The van der Waals surface area contributed by atoms with Crippen molar-refractivity contribution in [2.24, 2.45) is 0 Å². The van der Waals surface area contributed by atoms with Gasteiger partial charge in [0, 0.05) is 42.7 Å². The Hall–Kier alpha value is -2.11. The van der Waals surface area contributed by atoms with Crippen LogP contribution in [0.1, 0.15) is 49.6 Å². The largest absolute Gasteiger partial charge is 0.369 e. The monoisotopic (exact) mass is 371 g/mol. The molecular weight excluding hydrogens is 350 g/mol. The zero-order valence-corrected chi connectivity index (χ0v) is 15.9. The molecule has 6 heteroatoms. The zero-order chi connectivity index (χ0) is 18.6. The molecule has 0 aliphatic carbocycles. The lowest BCUT2D eigenvalue weighted by Gasteiger charge is -2.40. The number of carbonyl (C=O) groups is 1. The molecule has 1 N–H and O–H groups in total. The van der Waals surface area contributed by atoms with Crippen molar-refractivity contribution >= 4 is 23.2 Å². The highest BCUT2D eigenvalue weighted by Crippen LogP contribution is 2.48. The topological polar surface area (TPSA) is 56.7 Å². The van der Waals surface area contributed by atoms with Crippen molar-refractivity contribution in [1.82, 2.24) is 9.88 Å². The normalized spacial score (nSPS) is 21.5. The molecule has 1 fully saturated rings. The van der Waals surface area contributed by atoms with Gasteiger partial charge >= 0.3 is 0 Å². The Balaban J connectivity index is 1.66. The minimum Gasteiger partial charge on any atom is -0.369 e. The summed E-state index contributed by atoms with van der Waals surface area (Å²) in [7, 11) is 0. The summed E-state index contributed by atoms with van der Waals surface area (Å²) in [6.45, 7) is 7.19. The number of nitrogens with zero attached hydrogens (tertiary/aromatic N) is 3. The van der Waals surface area contributed by atoms with E-state index in [0.29, 0.717) is 10.9 Å². The van der Waals surface area contributed by atoms with Crippen LogP contribution in [-0.2, 0) is 10.3 Å². The Morgan fingerprint density at radius 3 is 2.69 bits per heavy atom. The lowest BCUT2D eigenvalue weighted by molar-refractivity contribution is -0.133. The summed E-state index contributed by atoms with van der Waals surface area (Å²) >= 11 is 6.18. The number of pyridine rings is 1. The van der Waals surface area contributed by atoms with E-state index in [1.165, 1.54) is 0 Å². The van der Waals surface area contributed by atoms with Gasteiger partial charge in [0.1, 0.15) is 0 Å². The first-order valence-corrected chi connectivity index (χ1v) is 9.14. The Labute approximate surface area is 158 Å². The van der Waals surface area contributed by atoms with E-state index in [1.54, 1.807) is 13.1 Å². The number of benzene rings is 1. The van der Waals surface area contributed by atoms with E-state index in [2.05, 4.69) is 24.9 Å². The number of likely N-dealkylation sites (tertiary alicyclic amines) is 1. The van der Waals surface area contributed by atoms with Gasteiger partial charge in [0.25, 0.3) is 0 Å². The average Bonchev–Trinajstić information content (AvgIpc) is 2.72. The fourth-order valence-corrected chi connectivity index (χ4v) is 4.24. The molecule has 2 aliphatic heterocycles. The molecule has 1 amide bonds. The van der Waals surface area contributed by atoms with Crippen LogP contribution in [0, 0.1) is 0 Å². The van der Waals surface area contributed by atoms with Crippen LogP contribution in [0.2, 0.25) is 5.02 Å². The lowest BCUT2D eigenvalue weighted by Crippen LogP contribution is -2.47. The Bertz CT molecular complexity index is 877. The third-order valence-electron chi connectivity index (χ3n) is 5.62. The van der Waals surface area contributed by atoms with E-state index in [0.717, 1.165) is 35.5 Å². The van der Waals surface area contributed by atoms with Gasteiger partial charge in [-0.2, -0.15) is 0 Å². The number of amides is 1. The van der Waals surface area contributed by atoms with E-state index in [1.807, 2.05) is 34.2 Å². The van der Waals surface area contributed by atoms with Crippen molar-refractivity contribution in [1.29, 1.82) is 0 Å². The summed E-state index contributed by atoms with van der Waals surface area (Å²) in [5.74, 6) is 0.403. The van der Waals surface area contributed by atoms with Gasteiger partial charge in [0.05, 0.1) is 17.4 Å². The zero-order valence-electron chi connectivity index (χ0n) is 15.1. The number of aromatic nitrogens is 1. The maximum Gasteiger partial charge on any atom is 0.219 e. The van der Waals surface area contributed by atoms with Gasteiger partial charge in [-0.05, 0) is 43.2 Å². The van der Waals surface area contributed by atoms with E-state index < -0.39 is 11.8 Å². The highest BCUT2D eigenvalue weighted by Gasteiger charge is 2.44. The Morgan fingerprint density at radius 2 is 2.00 bits per heavy atom. The van der Waals surface area contributed by atoms with Crippen molar-refractivity contribution in [3.05, 3.63) is 58.4 Å². The van der Waals surface area contributed by atoms with Crippen molar-refractivity contribution in [3.8, 4) is 0 Å². The molecule has 1 unspecified atom stereocenters. The first-order valence-electron chi connectivity index (χ1n) is 8.77. The summed E-state index contributed by atoms with van der Waals surface area (Å²) in [6.07, 6.45) is 2.89. The summed E-state index contributed by atoms with van der Waals surface area (Å²) in [6, 6.07) is 7.70. The Morgan fingerprint density at radius 1 is 1.27 bits per heavy atom. The van der Waals surface area contributed by atoms with E-state index >= 15 is 0 Å². The number of fused-ring (bicyclic) bond motifs is 1. The highest BCUT2D eigenvalue weighted by molar-refractivity contribution is 6.30. The third kappa shape index (κ3) is 2.58. The second-order valence-corrected chi connectivity index (χ2v) is 8.07. The molecule has 136 valence electrons. The molecule has 3 heterocycles. The standard InChI is InChI=1S/C20H22ClN3O2/c1-12(25)23-10-14(11-23)13-6-16(9-22-8-13)24-19(26)17-5-4-15(21)7-18(17)20(24,2)3/h4-9,14,19,26H,10-11H2,1-3H3. The van der Waals surface area contributed by atoms with Crippen LogP contribution < -0.4 is 4.90 Å². The average molecular weight is 372 g/mol. The SMILES string of the molecule is CC(=O)N1CC(c2cncc(N3C(O)c4ccc(Cl)cc4C3(C)C)c2)C1. The van der Waals surface area contributed by atoms with Crippen LogP contribution >= 0.6 is 11.6 Å². The number of hydrogen-bond donors (Lipinski definition) is 1. The molecule has 2 aliphatic rings. The molecule has 1 atom stereocenters. The van der Waals surface area contributed by atoms with Gasteiger partial charge in [-0.3, -0.25) is 9.78 Å². The predicted octanol–water partition coefficient (Wildman–Crippen LogP) is 3.43. The van der Waals surface area contributed by atoms with Gasteiger partial charge in [-0.1, -0.05) is 17.7 Å². The fourth-order valence-electron chi connectivity index (χ4n) is 4.07. The minimum atomic E-state index is -0.746. The summed E-state index contributed by atoms with van der Waals surface area (Å²) in [5, 5.41) is 11.6. The number of carbonyl (C=O) groups excluding carboxylic acids is 1. The summed E-state index contributed by atoms with van der Waals surface area (Å²) in [5.41, 5.74) is 3.45. The number of halogens is 1. The van der Waals surface area contributed by atoms with E-state index in [-0.39, 0.29) is 5.91 Å². The second kappa shape index (κ2) is 5.96. The van der Waals surface area contributed by atoms with Gasteiger partial charge < -0.3 is 14.9 Å². The quantitative estimate of drug-likeness (QED) is 0.878. The molecule has 1 aromatic heterocycles. The van der Waals surface area contributed by atoms with Crippen molar-refractivity contribution in [3.63, 3.8) is 0 Å². The van der Waals surface area contributed by atoms with Crippen molar-refractivity contribution in [2.45, 2.75) is 38.5 Å². The third-order valence-corrected chi connectivity index (χ3v) is 5.86. The maximum absolute atomic E-state index is 11.4. The fraction of sp³-hybridized carbons (Fsp3) is 0.400. The second-order valence-electron chi connectivity index (χ2n) is 7.63. The van der Waals surface area contributed by atoms with Crippen molar-refractivity contribution in [2.75, 3.05) is 18.0 Å². The van der Waals surface area contributed by atoms with Crippen LogP contribution in [0.15, 0.2) is 36.7 Å². The molecule has 1 saturated heterocycles. The van der Waals surface area contributed by atoms with Crippen LogP contribution in [0.25, 0.3) is 0 Å². The molecule has 5 nitrogen and oxygen atoms in total. The maximum atomic E-state index is 11.4. The number of aliphatic hydroxyl groups excluding tert-OH is 1. The van der Waals surface area contributed by atoms with Gasteiger partial charge in [0.2, 0.25) is 5.91 Å². The number of rotatable bonds is 2. The Kier molecular flexibility index (Phi) is 3.97. The number of hydrogen-bond acceptors (Lipinski definition) is 4. The highest BCUT2D eigenvalue weighted by atomic mass is 35.5. The molecule has 1 aromatic carbocycles. The smallest absolute Gasteiger partial charge is 0.219 e. The first-order chi connectivity index (χ1) is 12.3. The van der Waals surface area contributed by atoms with E-state index in [4.69, 9.17) is 11.6 Å². The van der Waals surface area contributed by atoms with Crippen molar-refractivity contribution < 1.29 is 9.90 Å². The van der Waals surface area contributed by atoms with Crippen LogP contribution in [-0.4, -0.2) is 34.0 Å². The molecule has 0 bridgehead atoms. The van der Waals surface area contributed by atoms with Gasteiger partial charge in [-0.25, -0.2) is 0 Å². The summed E-state index contributed by atoms with van der Waals surface area (Å²) in [4.78, 5) is 19.6. The van der Waals surface area contributed by atoms with Gasteiger partial charge in [-0.15, -0.1) is 0 Å². The number of anilines is 1. The molecule has 4 rings (SSSR count). The van der Waals surface area contributed by atoms with Crippen LogP contribution in [0.3, 0.4) is 0 Å². The molecular formula is C20H22ClN3O2. The van der Waals surface area contributed by atoms with Gasteiger partial charge in [0.15, 0.2) is 6.23 Å². The summed E-state index contributed by atoms with van der Waals surface area (Å²) < 4.78 is 0. The van der Waals surface area contributed by atoms with Crippen LogP contribution in [0.5, 0.6) is 0 Å². The molecule has 0 saturated carbocycles. The lowest BCUT2D eigenvalue weighted by atomic mass is 9.91.